The number of benzene rings is 4. The Hall–Kier alpha value is -3.30. The van der Waals surface area contributed by atoms with Gasteiger partial charge in [-0.3, -0.25) is 9.69 Å². The molecule has 28 heavy (non-hydrogen) atoms. The molecule has 0 aromatic heterocycles. The first-order valence-corrected chi connectivity index (χ1v) is 9.52. The Bertz CT molecular complexity index is 1200. The van der Waals surface area contributed by atoms with Crippen LogP contribution in [0.3, 0.4) is 0 Å². The first kappa shape index (κ1) is 16.8. The van der Waals surface area contributed by atoms with Gasteiger partial charge < -0.3 is 5.32 Å². The fourth-order valence-electron chi connectivity index (χ4n) is 3.76. The molecule has 1 N–H and O–H groups in total. The molecule has 1 aliphatic rings. The minimum atomic E-state index is -0.391. The number of carbonyl (C=O) groups is 1. The predicted molar refractivity (Wildman–Crippen MR) is 115 cm³/mol. The van der Waals surface area contributed by atoms with E-state index in [2.05, 4.69) is 17.4 Å². The quantitative estimate of drug-likeness (QED) is 0.442. The molecule has 136 valence electrons. The summed E-state index contributed by atoms with van der Waals surface area (Å²) in [5.74, 6) is -0.0467. The van der Waals surface area contributed by atoms with Crippen molar-refractivity contribution in [1.29, 1.82) is 0 Å². The van der Waals surface area contributed by atoms with Crippen LogP contribution in [0.2, 0.25) is 5.02 Å². The molecule has 0 fully saturated rings. The number of amides is 1. The summed E-state index contributed by atoms with van der Waals surface area (Å²) >= 11 is 6.50. The minimum Gasteiger partial charge on any atom is -0.360 e. The molecule has 4 aromatic carbocycles. The van der Waals surface area contributed by atoms with E-state index in [1.165, 1.54) is 0 Å². The minimum absolute atomic E-state index is 0.0467. The average Bonchev–Trinajstić information content (AvgIpc) is 2.74. The first-order valence-electron chi connectivity index (χ1n) is 9.15. The summed E-state index contributed by atoms with van der Waals surface area (Å²) in [6.45, 7) is 0. The monoisotopic (exact) mass is 384 g/mol. The molecule has 4 aromatic rings. The number of halogens is 1. The number of hydrogen-bond acceptors (Lipinski definition) is 2. The van der Waals surface area contributed by atoms with Crippen molar-refractivity contribution in [2.75, 3.05) is 10.2 Å². The number of carbonyl (C=O) groups excluding carboxylic acids is 1. The van der Waals surface area contributed by atoms with E-state index in [-0.39, 0.29) is 5.91 Å². The third-order valence-corrected chi connectivity index (χ3v) is 5.48. The number of nitrogens with zero attached hydrogens (tertiary/aromatic N) is 1. The van der Waals surface area contributed by atoms with Gasteiger partial charge in [-0.25, -0.2) is 0 Å². The Morgan fingerprint density at radius 2 is 1.50 bits per heavy atom. The molecule has 1 unspecified atom stereocenters. The molecule has 1 heterocycles. The van der Waals surface area contributed by atoms with Crippen LogP contribution in [-0.2, 0) is 0 Å². The fraction of sp³-hybridized carbons (Fsp3) is 0.0417. The van der Waals surface area contributed by atoms with Gasteiger partial charge in [0.15, 0.2) is 0 Å². The molecular weight excluding hydrogens is 368 g/mol. The third-order valence-electron chi connectivity index (χ3n) is 5.14. The van der Waals surface area contributed by atoms with Gasteiger partial charge in [-0.15, -0.1) is 0 Å². The van der Waals surface area contributed by atoms with Crippen molar-refractivity contribution in [3.05, 3.63) is 107 Å². The smallest absolute Gasteiger partial charge is 0.262 e. The van der Waals surface area contributed by atoms with Crippen molar-refractivity contribution in [2.45, 2.75) is 6.17 Å². The highest BCUT2D eigenvalue weighted by atomic mass is 35.5. The van der Waals surface area contributed by atoms with Gasteiger partial charge in [-0.2, -0.15) is 0 Å². The standard InChI is InChI=1S/C24H17ClN2O/c25-21-11-5-3-9-19(21)23-26-22-12-6-4-10-20(22)24(28)27(23)18-14-13-16-7-1-2-8-17(16)15-18/h1-15,23,26H. The van der Waals surface area contributed by atoms with Crippen LogP contribution in [-0.4, -0.2) is 5.91 Å². The van der Waals surface area contributed by atoms with Gasteiger partial charge >= 0.3 is 0 Å². The number of hydrogen-bond donors (Lipinski definition) is 1. The molecule has 4 heteroatoms. The van der Waals surface area contributed by atoms with E-state index in [9.17, 15) is 4.79 Å². The largest absolute Gasteiger partial charge is 0.360 e. The molecule has 1 amide bonds. The lowest BCUT2D eigenvalue weighted by Crippen LogP contribution is -2.43. The molecule has 0 bridgehead atoms. The number of fused-ring (bicyclic) bond motifs is 2. The Morgan fingerprint density at radius 3 is 2.36 bits per heavy atom. The summed E-state index contributed by atoms with van der Waals surface area (Å²) in [6, 6.07) is 29.4. The maximum atomic E-state index is 13.5. The summed E-state index contributed by atoms with van der Waals surface area (Å²) < 4.78 is 0. The Kier molecular flexibility index (Phi) is 4.03. The lowest BCUT2D eigenvalue weighted by molar-refractivity contribution is 0.0975. The van der Waals surface area contributed by atoms with Gasteiger partial charge in [0.2, 0.25) is 0 Å². The van der Waals surface area contributed by atoms with E-state index in [4.69, 9.17) is 11.6 Å². The molecule has 0 aliphatic carbocycles. The van der Waals surface area contributed by atoms with E-state index < -0.39 is 6.17 Å². The van der Waals surface area contributed by atoms with Crippen LogP contribution >= 0.6 is 11.6 Å². The number of rotatable bonds is 2. The molecule has 1 atom stereocenters. The highest BCUT2D eigenvalue weighted by molar-refractivity contribution is 6.31. The SMILES string of the molecule is O=C1c2ccccc2NC(c2ccccc2Cl)N1c1ccc2ccccc2c1. The Morgan fingerprint density at radius 1 is 0.786 bits per heavy atom. The number of nitrogens with one attached hydrogen (secondary N) is 1. The summed E-state index contributed by atoms with van der Waals surface area (Å²) in [5, 5.41) is 6.35. The molecule has 5 rings (SSSR count). The molecule has 0 radical (unpaired) electrons. The van der Waals surface area contributed by atoms with E-state index in [1.54, 1.807) is 4.90 Å². The van der Waals surface area contributed by atoms with E-state index >= 15 is 0 Å². The van der Waals surface area contributed by atoms with Crippen LogP contribution in [0.4, 0.5) is 11.4 Å². The van der Waals surface area contributed by atoms with Crippen LogP contribution in [0.1, 0.15) is 22.1 Å². The molecular formula is C24H17ClN2O. The zero-order chi connectivity index (χ0) is 19.1. The second-order valence-electron chi connectivity index (χ2n) is 6.82. The fourth-order valence-corrected chi connectivity index (χ4v) is 4.00. The lowest BCUT2D eigenvalue weighted by Gasteiger charge is -2.38. The summed E-state index contributed by atoms with van der Waals surface area (Å²) in [4.78, 5) is 15.3. The van der Waals surface area contributed by atoms with Crippen molar-refractivity contribution >= 4 is 39.7 Å². The Balaban J connectivity index is 1.71. The van der Waals surface area contributed by atoms with Crippen LogP contribution < -0.4 is 10.2 Å². The summed E-state index contributed by atoms with van der Waals surface area (Å²) in [6.07, 6.45) is -0.391. The van der Waals surface area contributed by atoms with E-state index in [1.807, 2.05) is 78.9 Å². The van der Waals surface area contributed by atoms with Gasteiger partial charge in [-0.05, 0) is 41.1 Å². The van der Waals surface area contributed by atoms with Crippen LogP contribution in [0.5, 0.6) is 0 Å². The van der Waals surface area contributed by atoms with Crippen molar-refractivity contribution in [2.24, 2.45) is 0 Å². The van der Waals surface area contributed by atoms with Gasteiger partial charge in [-0.1, -0.05) is 72.3 Å². The second kappa shape index (κ2) is 6.70. The molecule has 0 saturated carbocycles. The predicted octanol–water partition coefficient (Wildman–Crippen LogP) is 6.26. The van der Waals surface area contributed by atoms with Gasteiger partial charge in [0.1, 0.15) is 6.17 Å². The maximum Gasteiger partial charge on any atom is 0.262 e. The summed E-state index contributed by atoms with van der Waals surface area (Å²) in [7, 11) is 0. The number of para-hydroxylation sites is 1. The molecule has 1 aliphatic heterocycles. The van der Waals surface area contributed by atoms with Crippen LogP contribution in [0.15, 0.2) is 91.0 Å². The topological polar surface area (TPSA) is 32.3 Å². The van der Waals surface area contributed by atoms with Gasteiger partial charge in [0, 0.05) is 22.0 Å². The number of anilines is 2. The van der Waals surface area contributed by atoms with Crippen LogP contribution in [0.25, 0.3) is 10.8 Å². The van der Waals surface area contributed by atoms with Crippen LogP contribution in [0, 0.1) is 0 Å². The van der Waals surface area contributed by atoms with Crippen molar-refractivity contribution in [1.82, 2.24) is 0 Å². The highest BCUT2D eigenvalue weighted by Crippen LogP contribution is 2.39. The van der Waals surface area contributed by atoms with Crippen molar-refractivity contribution in [3.8, 4) is 0 Å². The van der Waals surface area contributed by atoms with E-state index in [0.29, 0.717) is 10.6 Å². The maximum absolute atomic E-state index is 13.5. The van der Waals surface area contributed by atoms with Gasteiger partial charge in [0.25, 0.3) is 5.91 Å². The third kappa shape index (κ3) is 2.72. The molecule has 0 spiro atoms. The molecule has 0 saturated heterocycles. The summed E-state index contributed by atoms with van der Waals surface area (Å²) in [5.41, 5.74) is 3.16. The first-order chi connectivity index (χ1) is 13.7. The zero-order valence-electron chi connectivity index (χ0n) is 15.0. The normalized spacial score (nSPS) is 16.0. The second-order valence-corrected chi connectivity index (χ2v) is 7.23. The molecule has 3 nitrogen and oxygen atoms in total. The van der Waals surface area contributed by atoms with Crippen molar-refractivity contribution < 1.29 is 4.79 Å². The van der Waals surface area contributed by atoms with E-state index in [0.717, 1.165) is 27.7 Å². The Labute approximate surface area is 168 Å². The van der Waals surface area contributed by atoms with Gasteiger partial charge in [0.05, 0.1) is 5.56 Å². The average molecular weight is 385 g/mol. The highest BCUT2D eigenvalue weighted by Gasteiger charge is 2.34. The zero-order valence-corrected chi connectivity index (χ0v) is 15.7. The van der Waals surface area contributed by atoms with Crippen molar-refractivity contribution in [3.63, 3.8) is 0 Å². The lowest BCUT2D eigenvalue weighted by atomic mass is 10.0.